The minimum atomic E-state index is 0.505. The van der Waals surface area contributed by atoms with Crippen LogP contribution in [-0.2, 0) is 13.1 Å². The predicted molar refractivity (Wildman–Crippen MR) is 147 cm³/mol. The van der Waals surface area contributed by atoms with Crippen LogP contribution in [0.2, 0.25) is 0 Å². The van der Waals surface area contributed by atoms with Gasteiger partial charge >= 0.3 is 0 Å². The first-order chi connectivity index (χ1) is 18.6. The molecule has 0 aliphatic rings. The van der Waals surface area contributed by atoms with Crippen LogP contribution in [-0.4, -0.2) is 30.0 Å². The van der Waals surface area contributed by atoms with E-state index in [1.165, 1.54) is 0 Å². The van der Waals surface area contributed by atoms with E-state index in [0.717, 1.165) is 55.9 Å². The highest BCUT2D eigenvalue weighted by molar-refractivity contribution is 5.65. The molecule has 3 aromatic carbocycles. The van der Waals surface area contributed by atoms with Crippen LogP contribution in [0, 0.1) is 49.4 Å². The number of hydrogen-bond acceptors (Lipinski definition) is 4. The summed E-state index contributed by atoms with van der Waals surface area (Å²) in [5.74, 6) is 10.5. The molecule has 0 bridgehead atoms. The van der Waals surface area contributed by atoms with E-state index in [1.807, 2.05) is 73.1 Å². The van der Waals surface area contributed by atoms with Gasteiger partial charge in [-0.25, -0.2) is 9.36 Å². The molecule has 38 heavy (non-hydrogen) atoms. The topological polar surface area (TPSA) is 61.4 Å². The van der Waals surface area contributed by atoms with Gasteiger partial charge in [0, 0.05) is 33.4 Å². The Kier molecular flexibility index (Phi) is 6.56. The van der Waals surface area contributed by atoms with Gasteiger partial charge in [0.15, 0.2) is 0 Å². The summed E-state index contributed by atoms with van der Waals surface area (Å²) in [7, 11) is 0. The van der Waals surface area contributed by atoms with Gasteiger partial charge in [0.25, 0.3) is 0 Å². The summed E-state index contributed by atoms with van der Waals surface area (Å²) < 4.78 is 3.51. The van der Waals surface area contributed by atoms with Gasteiger partial charge < -0.3 is 0 Å². The highest BCUT2D eigenvalue weighted by Gasteiger charge is 2.09. The molecule has 0 saturated carbocycles. The second kappa shape index (κ2) is 10.4. The van der Waals surface area contributed by atoms with Gasteiger partial charge in [0.1, 0.15) is 11.4 Å². The molecule has 6 heteroatoms. The Bertz CT molecular complexity index is 1610. The smallest absolute Gasteiger partial charge is 0.113 e. The fraction of sp³-hybridized carbons (Fsp3) is 0.0625. The fourth-order valence-corrected chi connectivity index (χ4v) is 4.10. The molecule has 0 aliphatic carbocycles. The Morgan fingerprint density at radius 2 is 0.868 bits per heavy atom. The van der Waals surface area contributed by atoms with Crippen molar-refractivity contribution in [1.82, 2.24) is 30.0 Å². The molecule has 0 atom stereocenters. The third-order valence-corrected chi connectivity index (χ3v) is 5.90. The van der Waals surface area contributed by atoms with Gasteiger partial charge in [0.05, 0.1) is 25.5 Å². The van der Waals surface area contributed by atoms with Crippen molar-refractivity contribution in [2.75, 3.05) is 0 Å². The lowest BCUT2D eigenvalue weighted by atomic mass is 10.1. The zero-order valence-corrected chi connectivity index (χ0v) is 20.3. The van der Waals surface area contributed by atoms with E-state index in [1.54, 1.807) is 9.36 Å². The van der Waals surface area contributed by atoms with Crippen LogP contribution in [0.3, 0.4) is 0 Å². The molecule has 0 amide bonds. The van der Waals surface area contributed by atoms with E-state index in [9.17, 15) is 0 Å². The Morgan fingerprint density at radius 3 is 1.18 bits per heavy atom. The molecule has 5 rings (SSSR count). The van der Waals surface area contributed by atoms with Crippen molar-refractivity contribution in [2.45, 2.75) is 13.1 Å². The van der Waals surface area contributed by atoms with Crippen LogP contribution >= 0.6 is 0 Å². The van der Waals surface area contributed by atoms with Gasteiger partial charge in [-0.05, 0) is 47.5 Å². The van der Waals surface area contributed by atoms with Crippen molar-refractivity contribution in [3.8, 4) is 71.9 Å². The Hall–Kier alpha value is -5.82. The van der Waals surface area contributed by atoms with Crippen molar-refractivity contribution in [2.24, 2.45) is 0 Å². The molecule has 2 aromatic heterocycles. The van der Waals surface area contributed by atoms with Crippen LogP contribution in [0.5, 0.6) is 0 Å². The normalized spacial score (nSPS) is 10.2. The van der Waals surface area contributed by atoms with Crippen LogP contribution in [0.1, 0.15) is 33.4 Å². The SMILES string of the molecule is C#Cc1cc(C#C)cc(Cn2cc(-c3ccc(-c4cn(Cc5cc(C#C)cc(C#C)c5)nn4)cc3)nn2)c1. The fourth-order valence-electron chi connectivity index (χ4n) is 4.10. The van der Waals surface area contributed by atoms with E-state index in [0.29, 0.717) is 13.1 Å². The third kappa shape index (κ3) is 5.22. The van der Waals surface area contributed by atoms with Crippen molar-refractivity contribution >= 4 is 0 Å². The van der Waals surface area contributed by atoms with Crippen LogP contribution in [0.4, 0.5) is 0 Å². The van der Waals surface area contributed by atoms with Gasteiger partial charge in [-0.15, -0.1) is 35.9 Å². The number of benzene rings is 3. The molecular formula is C32H20N6. The van der Waals surface area contributed by atoms with Crippen molar-refractivity contribution in [1.29, 1.82) is 0 Å². The average Bonchev–Trinajstić information content (AvgIpc) is 3.62. The zero-order chi connectivity index (χ0) is 26.5. The van der Waals surface area contributed by atoms with Gasteiger partial charge in [-0.2, -0.15) is 0 Å². The Balaban J connectivity index is 1.30. The zero-order valence-electron chi connectivity index (χ0n) is 20.3. The summed E-state index contributed by atoms with van der Waals surface area (Å²) >= 11 is 0. The molecule has 0 fully saturated rings. The summed E-state index contributed by atoms with van der Waals surface area (Å²) in [5, 5.41) is 17.2. The van der Waals surface area contributed by atoms with Crippen molar-refractivity contribution in [3.05, 3.63) is 106 Å². The lowest BCUT2D eigenvalue weighted by molar-refractivity contribution is 0.649. The molecule has 5 aromatic rings. The van der Waals surface area contributed by atoms with E-state index in [2.05, 4.69) is 44.3 Å². The highest BCUT2D eigenvalue weighted by Crippen LogP contribution is 2.23. The van der Waals surface area contributed by atoms with Crippen LogP contribution in [0.25, 0.3) is 22.5 Å². The van der Waals surface area contributed by atoms with E-state index >= 15 is 0 Å². The number of terminal acetylenes is 4. The average molecular weight is 489 g/mol. The summed E-state index contributed by atoms with van der Waals surface area (Å²) in [4.78, 5) is 0. The standard InChI is InChI=1S/C32H20N6/c1-5-23-13-24(6-2)16-27(15-23)19-37-21-31(33-35-37)29-9-11-30(12-10-29)32-22-38(36-34-32)20-28-17-25(7-3)14-26(8-4)18-28/h1-4,9-18,21-22H,19-20H2. The van der Waals surface area contributed by atoms with Gasteiger partial charge in [0.2, 0.25) is 0 Å². The minimum absolute atomic E-state index is 0.505. The molecule has 2 heterocycles. The van der Waals surface area contributed by atoms with E-state index in [4.69, 9.17) is 25.7 Å². The largest absolute Gasteiger partial charge is 0.247 e. The highest BCUT2D eigenvalue weighted by atomic mass is 15.4. The Morgan fingerprint density at radius 1 is 0.526 bits per heavy atom. The number of rotatable bonds is 6. The first kappa shape index (κ1) is 23.9. The molecule has 0 aliphatic heterocycles. The lowest BCUT2D eigenvalue weighted by Crippen LogP contribution is -2.01. The predicted octanol–water partition coefficient (Wildman–Crippen LogP) is 4.23. The minimum Gasteiger partial charge on any atom is -0.247 e. The second-order valence-corrected chi connectivity index (χ2v) is 8.59. The van der Waals surface area contributed by atoms with Crippen molar-refractivity contribution in [3.63, 3.8) is 0 Å². The molecule has 0 spiro atoms. The molecule has 0 N–H and O–H groups in total. The number of nitrogens with zero attached hydrogens (tertiary/aromatic N) is 6. The van der Waals surface area contributed by atoms with Crippen LogP contribution < -0.4 is 0 Å². The number of aromatic nitrogens is 6. The maximum atomic E-state index is 5.55. The summed E-state index contributed by atoms with van der Waals surface area (Å²) in [6.07, 6.45) is 26.0. The first-order valence-electron chi connectivity index (χ1n) is 11.6. The maximum Gasteiger partial charge on any atom is 0.113 e. The molecule has 6 nitrogen and oxygen atoms in total. The third-order valence-electron chi connectivity index (χ3n) is 5.90. The molecule has 178 valence electrons. The summed E-state index contributed by atoms with van der Waals surface area (Å²) in [6.45, 7) is 1.01. The van der Waals surface area contributed by atoms with Crippen LogP contribution in [0.15, 0.2) is 73.1 Å². The monoisotopic (exact) mass is 488 g/mol. The molecule has 0 radical (unpaired) electrons. The summed E-state index contributed by atoms with van der Waals surface area (Å²) in [5.41, 5.74) is 8.25. The quantitative estimate of drug-likeness (QED) is 0.336. The Labute approximate surface area is 221 Å². The lowest BCUT2D eigenvalue weighted by Gasteiger charge is -2.04. The van der Waals surface area contributed by atoms with E-state index < -0.39 is 0 Å². The molecule has 0 unspecified atom stereocenters. The second-order valence-electron chi connectivity index (χ2n) is 8.59. The first-order valence-corrected chi connectivity index (χ1v) is 11.6. The number of hydrogen-bond donors (Lipinski definition) is 0. The van der Waals surface area contributed by atoms with Crippen molar-refractivity contribution < 1.29 is 0 Å². The summed E-state index contributed by atoms with van der Waals surface area (Å²) in [6, 6.07) is 19.2. The van der Waals surface area contributed by atoms with Gasteiger partial charge in [-0.1, -0.05) is 58.4 Å². The maximum absolute atomic E-state index is 5.55. The van der Waals surface area contributed by atoms with E-state index in [-0.39, 0.29) is 0 Å². The molecular weight excluding hydrogens is 468 g/mol. The van der Waals surface area contributed by atoms with Gasteiger partial charge in [-0.3, -0.25) is 0 Å². The molecule has 0 saturated heterocycles.